The molecule has 0 heterocycles. The molecule has 0 spiro atoms. The maximum atomic E-state index is 12.3. The van der Waals surface area contributed by atoms with Crippen LogP contribution in [0.3, 0.4) is 0 Å². The van der Waals surface area contributed by atoms with Gasteiger partial charge in [0.1, 0.15) is 5.75 Å². The van der Waals surface area contributed by atoms with E-state index in [9.17, 15) is 13.6 Å². The minimum absolute atomic E-state index is 0.0797. The molecule has 1 aromatic carbocycles. The fraction of sp³-hybridized carbons (Fsp3) is 0.500. The number of hydrogen-bond acceptors (Lipinski definition) is 2. The van der Waals surface area contributed by atoms with Gasteiger partial charge in [0, 0.05) is 17.9 Å². The molecule has 1 unspecified atom stereocenters. The summed E-state index contributed by atoms with van der Waals surface area (Å²) in [6.45, 7) is -1.16. The van der Waals surface area contributed by atoms with Crippen molar-refractivity contribution >= 4 is 17.5 Å². The molecule has 0 aromatic heterocycles. The Morgan fingerprint density at radius 3 is 2.70 bits per heavy atom. The molecule has 0 fully saturated rings. The summed E-state index contributed by atoms with van der Waals surface area (Å²) in [4.78, 5) is 11.7. The van der Waals surface area contributed by atoms with E-state index in [1.807, 2.05) is 0 Å². The first-order valence-electron chi connectivity index (χ1n) is 6.43. The number of alkyl halides is 3. The van der Waals surface area contributed by atoms with Crippen molar-refractivity contribution < 1.29 is 18.3 Å². The van der Waals surface area contributed by atoms with E-state index in [0.29, 0.717) is 24.3 Å². The summed E-state index contributed by atoms with van der Waals surface area (Å²) in [6, 6.07) is 6.03. The summed E-state index contributed by atoms with van der Waals surface area (Å²) in [6.07, 6.45) is 1.85. The first kappa shape index (κ1) is 16.7. The first-order valence-corrected chi connectivity index (χ1v) is 6.97. The molecule has 0 saturated heterocycles. The van der Waals surface area contributed by atoms with Gasteiger partial charge in [-0.1, -0.05) is 18.2 Å². The number of unbranched alkanes of at least 4 members (excludes halogenated alkanes) is 1. The minimum Gasteiger partial charge on any atom is -0.434 e. The van der Waals surface area contributed by atoms with Crippen LogP contribution in [0, 0.1) is 0 Å². The van der Waals surface area contributed by atoms with Crippen LogP contribution in [0.2, 0.25) is 0 Å². The number of carbonyl (C=O) groups excluding carboxylic acids is 1. The molecule has 20 heavy (non-hydrogen) atoms. The lowest BCUT2D eigenvalue weighted by Crippen LogP contribution is -2.26. The van der Waals surface area contributed by atoms with Crippen LogP contribution in [0.5, 0.6) is 5.75 Å². The summed E-state index contributed by atoms with van der Waals surface area (Å²) >= 11 is 5.54. The van der Waals surface area contributed by atoms with Crippen LogP contribution in [-0.2, 0) is 4.79 Å². The molecule has 0 aliphatic rings. The van der Waals surface area contributed by atoms with Crippen molar-refractivity contribution in [1.29, 1.82) is 0 Å². The highest BCUT2D eigenvalue weighted by molar-refractivity contribution is 6.17. The number of ether oxygens (including phenoxy) is 1. The normalized spacial score (nSPS) is 12.2. The minimum atomic E-state index is -2.89. The van der Waals surface area contributed by atoms with Crippen LogP contribution in [0.25, 0.3) is 0 Å². The van der Waals surface area contributed by atoms with Crippen LogP contribution in [0.1, 0.15) is 37.8 Å². The van der Waals surface area contributed by atoms with E-state index >= 15 is 0 Å². The Kier molecular flexibility index (Phi) is 7.30. The van der Waals surface area contributed by atoms with Gasteiger partial charge >= 0.3 is 6.61 Å². The number of benzene rings is 1. The second kappa shape index (κ2) is 8.74. The molecule has 1 atom stereocenters. The van der Waals surface area contributed by atoms with Gasteiger partial charge in [-0.2, -0.15) is 8.78 Å². The number of nitrogens with one attached hydrogen (secondary N) is 1. The summed E-state index contributed by atoms with van der Waals surface area (Å²) in [7, 11) is 0. The van der Waals surface area contributed by atoms with E-state index in [4.69, 9.17) is 11.6 Å². The van der Waals surface area contributed by atoms with Crippen LogP contribution in [0.15, 0.2) is 24.3 Å². The molecule has 0 bridgehead atoms. The fourth-order valence-corrected chi connectivity index (χ4v) is 2.00. The average Bonchev–Trinajstić information content (AvgIpc) is 2.38. The number of para-hydroxylation sites is 1. The Morgan fingerprint density at radius 1 is 1.35 bits per heavy atom. The topological polar surface area (TPSA) is 38.3 Å². The third-order valence-electron chi connectivity index (χ3n) is 2.77. The second-order valence-electron chi connectivity index (χ2n) is 4.35. The Labute approximate surface area is 122 Å². The molecule has 6 heteroatoms. The number of carbonyl (C=O) groups is 1. The smallest absolute Gasteiger partial charge is 0.387 e. The van der Waals surface area contributed by atoms with Crippen molar-refractivity contribution in [2.75, 3.05) is 5.88 Å². The molecule has 0 saturated carbocycles. The van der Waals surface area contributed by atoms with E-state index < -0.39 is 12.7 Å². The van der Waals surface area contributed by atoms with Gasteiger partial charge in [0.2, 0.25) is 5.91 Å². The van der Waals surface area contributed by atoms with Crippen LogP contribution >= 0.6 is 11.6 Å². The van der Waals surface area contributed by atoms with Crippen molar-refractivity contribution in [1.82, 2.24) is 5.32 Å². The van der Waals surface area contributed by atoms with Crippen LogP contribution in [0.4, 0.5) is 8.78 Å². The van der Waals surface area contributed by atoms with E-state index in [2.05, 4.69) is 10.1 Å². The third kappa shape index (κ3) is 5.74. The molecule has 0 aliphatic carbocycles. The van der Waals surface area contributed by atoms with E-state index in [1.165, 1.54) is 6.07 Å². The largest absolute Gasteiger partial charge is 0.434 e. The van der Waals surface area contributed by atoms with E-state index in [1.54, 1.807) is 25.1 Å². The quantitative estimate of drug-likeness (QED) is 0.585. The maximum absolute atomic E-state index is 12.3. The van der Waals surface area contributed by atoms with Gasteiger partial charge in [0.25, 0.3) is 0 Å². The van der Waals surface area contributed by atoms with Gasteiger partial charge in [-0.25, -0.2) is 0 Å². The molecular formula is C14H18ClF2NO2. The van der Waals surface area contributed by atoms with Crippen LogP contribution < -0.4 is 10.1 Å². The zero-order valence-corrected chi connectivity index (χ0v) is 12.0. The molecule has 0 radical (unpaired) electrons. The fourth-order valence-electron chi connectivity index (χ4n) is 1.81. The lowest BCUT2D eigenvalue weighted by molar-refractivity contribution is -0.121. The average molecular weight is 306 g/mol. The number of rotatable bonds is 8. The van der Waals surface area contributed by atoms with Crippen molar-refractivity contribution in [2.45, 2.75) is 38.8 Å². The van der Waals surface area contributed by atoms with Gasteiger partial charge in [0.15, 0.2) is 0 Å². The highest BCUT2D eigenvalue weighted by atomic mass is 35.5. The summed E-state index contributed by atoms with van der Waals surface area (Å²) in [5, 5.41) is 2.76. The van der Waals surface area contributed by atoms with E-state index in [0.717, 1.165) is 6.42 Å². The van der Waals surface area contributed by atoms with Crippen molar-refractivity contribution in [3.05, 3.63) is 29.8 Å². The monoisotopic (exact) mass is 305 g/mol. The molecule has 1 rings (SSSR count). The summed E-state index contributed by atoms with van der Waals surface area (Å²) < 4.78 is 29.1. The van der Waals surface area contributed by atoms with Crippen LogP contribution in [-0.4, -0.2) is 18.4 Å². The van der Waals surface area contributed by atoms with Crippen molar-refractivity contribution in [3.63, 3.8) is 0 Å². The van der Waals surface area contributed by atoms with Crippen molar-refractivity contribution in [2.24, 2.45) is 0 Å². The van der Waals surface area contributed by atoms with Gasteiger partial charge in [-0.15, -0.1) is 11.6 Å². The Balaban J connectivity index is 2.62. The number of hydrogen-bond donors (Lipinski definition) is 1. The SMILES string of the molecule is CC(NC(=O)CCCCCl)c1ccccc1OC(F)F. The molecule has 3 nitrogen and oxygen atoms in total. The predicted molar refractivity (Wildman–Crippen MR) is 74.2 cm³/mol. The standard InChI is InChI=1S/C14H18ClF2NO2/c1-10(18-13(19)8-4-5-9-15)11-6-2-3-7-12(11)20-14(16)17/h2-3,6-7,10,14H,4-5,8-9H2,1H3,(H,18,19). The molecular weight excluding hydrogens is 288 g/mol. The summed E-state index contributed by atoms with van der Waals surface area (Å²) in [5.74, 6) is 0.471. The third-order valence-corrected chi connectivity index (χ3v) is 3.03. The molecule has 1 amide bonds. The maximum Gasteiger partial charge on any atom is 0.387 e. The highest BCUT2D eigenvalue weighted by Crippen LogP contribution is 2.26. The molecule has 1 aromatic rings. The number of amides is 1. The Bertz CT molecular complexity index is 429. The zero-order valence-electron chi connectivity index (χ0n) is 11.2. The Morgan fingerprint density at radius 2 is 2.05 bits per heavy atom. The molecule has 1 N–H and O–H groups in total. The van der Waals surface area contributed by atoms with Crippen molar-refractivity contribution in [3.8, 4) is 5.75 Å². The van der Waals surface area contributed by atoms with Gasteiger partial charge < -0.3 is 10.1 Å². The van der Waals surface area contributed by atoms with E-state index in [-0.39, 0.29) is 11.7 Å². The lowest BCUT2D eigenvalue weighted by Gasteiger charge is -2.18. The molecule has 112 valence electrons. The van der Waals surface area contributed by atoms with Gasteiger partial charge in [-0.3, -0.25) is 4.79 Å². The van der Waals surface area contributed by atoms with Gasteiger partial charge in [-0.05, 0) is 25.8 Å². The highest BCUT2D eigenvalue weighted by Gasteiger charge is 2.16. The first-order chi connectivity index (χ1) is 9.54. The summed E-state index contributed by atoms with van der Waals surface area (Å²) in [5.41, 5.74) is 0.526. The predicted octanol–water partition coefficient (Wildman–Crippen LogP) is 3.87. The molecule has 0 aliphatic heterocycles. The Hall–Kier alpha value is -1.36. The van der Waals surface area contributed by atoms with Gasteiger partial charge in [0.05, 0.1) is 6.04 Å². The zero-order chi connectivity index (χ0) is 15.0. The lowest BCUT2D eigenvalue weighted by atomic mass is 10.1. The second-order valence-corrected chi connectivity index (χ2v) is 4.73. The number of halogens is 3.